The van der Waals surface area contributed by atoms with Gasteiger partial charge in [0.1, 0.15) is 0 Å². The lowest BCUT2D eigenvalue weighted by Crippen LogP contribution is -2.05. The lowest BCUT2D eigenvalue weighted by atomic mass is 10.1. The average Bonchev–Trinajstić information content (AvgIpc) is 2.92. The summed E-state index contributed by atoms with van der Waals surface area (Å²) >= 11 is 11.2. The average molecular weight is 368 g/mol. The van der Waals surface area contributed by atoms with Gasteiger partial charge in [0.2, 0.25) is 0 Å². The van der Waals surface area contributed by atoms with E-state index < -0.39 is 0 Å². The molecule has 0 aromatic heterocycles. The Morgan fingerprint density at radius 2 is 2.00 bits per heavy atom. The highest BCUT2D eigenvalue weighted by atomic mass is 79.9. The number of anilines is 1. The molecular formula is C15H12BrClN2S. The smallest absolute Gasteiger partial charge is 0.161 e. The van der Waals surface area contributed by atoms with Crippen molar-refractivity contribution in [2.45, 2.75) is 5.25 Å². The molecule has 1 atom stereocenters. The Morgan fingerprint density at radius 1 is 1.20 bits per heavy atom. The van der Waals surface area contributed by atoms with E-state index in [-0.39, 0.29) is 0 Å². The molecule has 0 aliphatic carbocycles. The highest BCUT2D eigenvalue weighted by Gasteiger charge is 2.21. The molecule has 5 heteroatoms. The zero-order valence-electron chi connectivity index (χ0n) is 10.5. The standard InChI is InChI=1S/C15H12BrClN2S/c16-12-7-6-11(8-13(12)17)19-15-18-9-14(20-15)10-4-2-1-3-5-10/h1-8,14H,9H2,(H,18,19). The molecular weight excluding hydrogens is 356 g/mol. The molecule has 3 rings (SSSR count). The predicted octanol–water partition coefficient (Wildman–Crippen LogP) is 5.36. The molecule has 1 aliphatic rings. The Hall–Kier alpha value is -0.970. The molecule has 0 spiro atoms. The summed E-state index contributed by atoms with van der Waals surface area (Å²) in [5.74, 6) is 0. The van der Waals surface area contributed by atoms with Gasteiger partial charge >= 0.3 is 0 Å². The van der Waals surface area contributed by atoms with Crippen LogP contribution in [0, 0.1) is 0 Å². The van der Waals surface area contributed by atoms with E-state index >= 15 is 0 Å². The number of nitrogens with zero attached hydrogens (tertiary/aromatic N) is 1. The summed E-state index contributed by atoms with van der Waals surface area (Å²) in [5.41, 5.74) is 2.27. The van der Waals surface area contributed by atoms with Crippen LogP contribution in [0.5, 0.6) is 0 Å². The van der Waals surface area contributed by atoms with E-state index in [0.29, 0.717) is 10.3 Å². The fourth-order valence-corrected chi connectivity index (χ4v) is 3.45. The number of aliphatic imine (C=N–C) groups is 1. The van der Waals surface area contributed by atoms with Gasteiger partial charge in [-0.1, -0.05) is 53.7 Å². The summed E-state index contributed by atoms with van der Waals surface area (Å²) in [5, 5.41) is 5.34. The summed E-state index contributed by atoms with van der Waals surface area (Å²) < 4.78 is 0.896. The molecule has 1 unspecified atom stereocenters. The number of hydrogen-bond donors (Lipinski definition) is 1. The Bertz CT molecular complexity index is 646. The van der Waals surface area contributed by atoms with E-state index in [2.05, 4.69) is 50.5 Å². The van der Waals surface area contributed by atoms with Gasteiger partial charge in [0, 0.05) is 10.2 Å². The Balaban J connectivity index is 1.67. The van der Waals surface area contributed by atoms with E-state index in [1.165, 1.54) is 5.56 Å². The van der Waals surface area contributed by atoms with Gasteiger partial charge in [0.05, 0.1) is 16.8 Å². The van der Waals surface area contributed by atoms with Crippen LogP contribution in [0.25, 0.3) is 0 Å². The number of thioether (sulfide) groups is 1. The van der Waals surface area contributed by atoms with Crippen LogP contribution in [0.1, 0.15) is 10.8 Å². The largest absolute Gasteiger partial charge is 0.335 e. The molecule has 0 saturated heterocycles. The van der Waals surface area contributed by atoms with Crippen LogP contribution < -0.4 is 5.32 Å². The van der Waals surface area contributed by atoms with Crippen molar-refractivity contribution in [2.24, 2.45) is 4.99 Å². The van der Waals surface area contributed by atoms with Crippen molar-refractivity contribution in [3.05, 3.63) is 63.6 Å². The van der Waals surface area contributed by atoms with E-state index in [9.17, 15) is 0 Å². The van der Waals surface area contributed by atoms with Crippen LogP contribution in [-0.2, 0) is 0 Å². The van der Waals surface area contributed by atoms with Crippen LogP contribution >= 0.6 is 39.3 Å². The summed E-state index contributed by atoms with van der Waals surface area (Å²) in [6.07, 6.45) is 0. The normalized spacial score (nSPS) is 17.9. The summed E-state index contributed by atoms with van der Waals surface area (Å²) in [6, 6.07) is 16.3. The first-order valence-electron chi connectivity index (χ1n) is 6.20. The van der Waals surface area contributed by atoms with E-state index in [4.69, 9.17) is 11.6 Å². The van der Waals surface area contributed by atoms with Gasteiger partial charge in [-0.3, -0.25) is 4.99 Å². The van der Waals surface area contributed by atoms with Crippen molar-refractivity contribution in [3.8, 4) is 0 Å². The molecule has 1 heterocycles. The minimum Gasteiger partial charge on any atom is -0.335 e. The summed E-state index contributed by atoms with van der Waals surface area (Å²) in [4.78, 5) is 4.55. The van der Waals surface area contributed by atoms with Crippen molar-refractivity contribution in [1.82, 2.24) is 0 Å². The van der Waals surface area contributed by atoms with Crippen molar-refractivity contribution in [2.75, 3.05) is 11.9 Å². The lowest BCUT2D eigenvalue weighted by Gasteiger charge is -2.10. The molecule has 2 nitrogen and oxygen atoms in total. The minimum absolute atomic E-state index is 0.393. The Labute approximate surface area is 135 Å². The second-order valence-corrected chi connectivity index (χ2v) is 6.87. The lowest BCUT2D eigenvalue weighted by molar-refractivity contribution is 0.966. The van der Waals surface area contributed by atoms with Crippen LogP contribution in [0.4, 0.5) is 5.69 Å². The highest BCUT2D eigenvalue weighted by Crippen LogP contribution is 2.35. The topological polar surface area (TPSA) is 24.4 Å². The minimum atomic E-state index is 0.393. The molecule has 0 saturated carbocycles. The van der Waals surface area contributed by atoms with E-state index in [0.717, 1.165) is 21.9 Å². The first kappa shape index (κ1) is 14.0. The van der Waals surface area contributed by atoms with Gasteiger partial charge in [-0.05, 0) is 39.7 Å². The highest BCUT2D eigenvalue weighted by molar-refractivity contribution is 9.10. The third-order valence-corrected chi connectivity index (χ3v) is 5.39. The molecule has 102 valence electrons. The maximum Gasteiger partial charge on any atom is 0.161 e. The number of hydrogen-bond acceptors (Lipinski definition) is 3. The third-order valence-electron chi connectivity index (χ3n) is 3.00. The number of halogens is 2. The number of amidine groups is 1. The van der Waals surface area contributed by atoms with Gasteiger partial charge in [-0.25, -0.2) is 0 Å². The maximum absolute atomic E-state index is 6.09. The van der Waals surface area contributed by atoms with Crippen LogP contribution in [0.15, 0.2) is 58.0 Å². The molecule has 0 bridgehead atoms. The molecule has 2 aromatic rings. The quantitative estimate of drug-likeness (QED) is 0.773. The number of benzene rings is 2. The van der Waals surface area contributed by atoms with Crippen molar-refractivity contribution in [3.63, 3.8) is 0 Å². The number of nitrogens with one attached hydrogen (secondary N) is 1. The fourth-order valence-electron chi connectivity index (χ4n) is 1.98. The van der Waals surface area contributed by atoms with Gasteiger partial charge < -0.3 is 5.32 Å². The van der Waals surface area contributed by atoms with Gasteiger partial charge in [0.25, 0.3) is 0 Å². The molecule has 0 fully saturated rings. The van der Waals surface area contributed by atoms with Crippen LogP contribution in [0.2, 0.25) is 5.02 Å². The second-order valence-electron chi connectivity index (χ2n) is 4.42. The SMILES string of the molecule is Clc1cc(NC2=NCC(c3ccccc3)S2)ccc1Br. The molecule has 0 amide bonds. The monoisotopic (exact) mass is 366 g/mol. The predicted molar refractivity (Wildman–Crippen MR) is 91.9 cm³/mol. The van der Waals surface area contributed by atoms with Crippen molar-refractivity contribution >= 4 is 50.1 Å². The second kappa shape index (κ2) is 6.20. The summed E-state index contributed by atoms with van der Waals surface area (Å²) in [6.45, 7) is 0.807. The zero-order valence-corrected chi connectivity index (χ0v) is 13.7. The third kappa shape index (κ3) is 3.19. The van der Waals surface area contributed by atoms with E-state index in [1.807, 2.05) is 24.3 Å². The molecule has 2 aromatic carbocycles. The molecule has 1 aliphatic heterocycles. The molecule has 1 N–H and O–H groups in total. The molecule has 0 radical (unpaired) electrons. The van der Waals surface area contributed by atoms with Crippen LogP contribution in [0.3, 0.4) is 0 Å². The van der Waals surface area contributed by atoms with Gasteiger partial charge in [-0.15, -0.1) is 0 Å². The Morgan fingerprint density at radius 3 is 2.75 bits per heavy atom. The number of rotatable bonds is 2. The van der Waals surface area contributed by atoms with Crippen molar-refractivity contribution < 1.29 is 0 Å². The first-order valence-corrected chi connectivity index (χ1v) is 8.25. The fraction of sp³-hybridized carbons (Fsp3) is 0.133. The summed E-state index contributed by atoms with van der Waals surface area (Å²) in [7, 11) is 0. The molecule has 20 heavy (non-hydrogen) atoms. The van der Waals surface area contributed by atoms with Gasteiger partial charge in [-0.2, -0.15) is 0 Å². The zero-order chi connectivity index (χ0) is 13.9. The first-order chi connectivity index (χ1) is 9.72. The maximum atomic E-state index is 6.09. The van der Waals surface area contributed by atoms with Crippen molar-refractivity contribution in [1.29, 1.82) is 0 Å². The van der Waals surface area contributed by atoms with Crippen LogP contribution in [-0.4, -0.2) is 11.7 Å². The van der Waals surface area contributed by atoms with E-state index in [1.54, 1.807) is 11.8 Å². The Kier molecular flexibility index (Phi) is 4.34. The van der Waals surface area contributed by atoms with Gasteiger partial charge in [0.15, 0.2) is 5.17 Å².